The highest BCUT2D eigenvalue weighted by atomic mass is 32.1. The lowest BCUT2D eigenvalue weighted by atomic mass is 10.3. The summed E-state index contributed by atoms with van der Waals surface area (Å²) >= 11 is 1.36. The molecule has 0 aliphatic carbocycles. The molecule has 1 unspecified atom stereocenters. The first-order valence-electron chi connectivity index (χ1n) is 3.20. The Morgan fingerprint density at radius 1 is 1.83 bits per heavy atom. The van der Waals surface area contributed by atoms with Gasteiger partial charge in [-0.15, -0.1) is 11.3 Å². The Kier molecular flexibility index (Phi) is 2.80. The zero-order valence-corrected chi connectivity index (χ0v) is 8.39. The van der Waals surface area contributed by atoms with E-state index in [0.717, 1.165) is 10.2 Å². The molecule has 1 amide bonds. The second-order valence-electron chi connectivity index (χ2n) is 2.23. The molecule has 0 aliphatic rings. The van der Waals surface area contributed by atoms with Gasteiger partial charge in [-0.25, -0.2) is 0 Å². The minimum Gasteiger partial charge on any atom is -0.267 e. The Labute approximate surface area is 76.6 Å². The zero-order chi connectivity index (χ0) is 9.14. The van der Waals surface area contributed by atoms with Crippen LogP contribution in [0.4, 0.5) is 0 Å². The fraction of sp³-hybridized carbons (Fsp3) is 0.143. The minimum atomic E-state index is -0.325. The van der Waals surface area contributed by atoms with Gasteiger partial charge >= 0.3 is 0 Å². The van der Waals surface area contributed by atoms with Gasteiger partial charge in [0.05, 0.1) is 4.88 Å². The summed E-state index contributed by atoms with van der Waals surface area (Å²) in [6.45, 7) is 1.84. The molecule has 0 aliphatic heterocycles. The highest BCUT2D eigenvalue weighted by Crippen LogP contribution is 2.15. The van der Waals surface area contributed by atoms with Gasteiger partial charge in [-0.2, -0.15) is 5.26 Å². The number of hydrogen-bond donors (Lipinski definition) is 1. The SMILES string of the molecule is Cc1cc(P)sc1C(=O)NC#N. The number of carbonyl (C=O) groups excluding carboxylic acids is 1. The highest BCUT2D eigenvalue weighted by molar-refractivity contribution is 7.43. The monoisotopic (exact) mass is 198 g/mol. The van der Waals surface area contributed by atoms with Crippen LogP contribution in [-0.2, 0) is 0 Å². The Bertz CT molecular complexity index is 353. The molecule has 1 heterocycles. The summed E-state index contributed by atoms with van der Waals surface area (Å²) < 4.78 is 0.996. The normalized spacial score (nSPS) is 9.08. The third-order valence-corrected chi connectivity index (χ3v) is 2.90. The lowest BCUT2D eigenvalue weighted by Gasteiger charge is -1.92. The first-order chi connectivity index (χ1) is 5.65. The number of aryl methyl sites for hydroxylation is 1. The molecule has 0 fully saturated rings. The summed E-state index contributed by atoms with van der Waals surface area (Å²) in [5, 5.41) is 10.3. The molecular weight excluding hydrogens is 191 g/mol. The number of carbonyl (C=O) groups is 1. The number of amides is 1. The van der Waals surface area contributed by atoms with Crippen LogP contribution in [0.3, 0.4) is 0 Å². The number of thiophene rings is 1. The van der Waals surface area contributed by atoms with Crippen molar-refractivity contribution in [3.8, 4) is 6.19 Å². The molecule has 62 valence electrons. The van der Waals surface area contributed by atoms with Crippen molar-refractivity contribution in [2.45, 2.75) is 6.92 Å². The standard InChI is InChI=1S/C7H7N2OPS/c1-4-2-5(11)12-6(4)7(10)9-3-8/h2H,11H2,1H3,(H,9,10). The average molecular weight is 198 g/mol. The third-order valence-electron chi connectivity index (χ3n) is 1.31. The van der Waals surface area contributed by atoms with Crippen molar-refractivity contribution in [1.82, 2.24) is 5.32 Å². The summed E-state index contributed by atoms with van der Waals surface area (Å²) in [5.41, 5.74) is 0.901. The van der Waals surface area contributed by atoms with Crippen LogP contribution in [0.1, 0.15) is 15.2 Å². The van der Waals surface area contributed by atoms with Crippen LogP contribution in [0.2, 0.25) is 0 Å². The predicted octanol–water partition coefficient (Wildman–Crippen LogP) is 0.768. The summed E-state index contributed by atoms with van der Waals surface area (Å²) in [6, 6.07) is 1.89. The largest absolute Gasteiger partial charge is 0.274 e. The van der Waals surface area contributed by atoms with Crippen molar-refractivity contribution in [3.05, 3.63) is 16.5 Å². The van der Waals surface area contributed by atoms with Crippen LogP contribution in [0, 0.1) is 18.4 Å². The minimum absolute atomic E-state index is 0.325. The van der Waals surface area contributed by atoms with Crippen LogP contribution in [0.5, 0.6) is 0 Å². The fourth-order valence-electron chi connectivity index (χ4n) is 0.840. The molecule has 0 spiro atoms. The Morgan fingerprint density at radius 2 is 2.50 bits per heavy atom. The Morgan fingerprint density at radius 3 is 2.92 bits per heavy atom. The molecule has 12 heavy (non-hydrogen) atoms. The molecular formula is C7H7N2OPS. The van der Waals surface area contributed by atoms with E-state index in [1.807, 2.05) is 13.0 Å². The number of rotatable bonds is 1. The van der Waals surface area contributed by atoms with Gasteiger partial charge in [0.1, 0.15) is 0 Å². The van der Waals surface area contributed by atoms with Crippen LogP contribution in [-0.4, -0.2) is 5.91 Å². The molecule has 3 nitrogen and oxygen atoms in total. The lowest BCUT2D eigenvalue weighted by molar-refractivity contribution is 0.0976. The second kappa shape index (κ2) is 3.66. The van der Waals surface area contributed by atoms with E-state index in [1.54, 1.807) is 6.19 Å². The van der Waals surface area contributed by atoms with Gasteiger partial charge in [0.25, 0.3) is 5.91 Å². The average Bonchev–Trinajstić information content (AvgIpc) is 2.30. The maximum absolute atomic E-state index is 11.1. The van der Waals surface area contributed by atoms with Crippen molar-refractivity contribution in [2.75, 3.05) is 0 Å². The number of hydrogen-bond acceptors (Lipinski definition) is 3. The summed E-state index contributed by atoms with van der Waals surface area (Å²) in [6.07, 6.45) is 1.60. The van der Waals surface area contributed by atoms with Gasteiger partial charge in [0, 0.05) is 4.62 Å². The Hall–Kier alpha value is -0.910. The van der Waals surface area contributed by atoms with Gasteiger partial charge in [-0.1, -0.05) is 9.24 Å². The van der Waals surface area contributed by atoms with E-state index >= 15 is 0 Å². The van der Waals surface area contributed by atoms with E-state index in [0.29, 0.717) is 4.88 Å². The van der Waals surface area contributed by atoms with Crippen molar-refractivity contribution >= 4 is 31.1 Å². The molecule has 1 aromatic rings. The molecule has 1 rings (SSSR count). The van der Waals surface area contributed by atoms with Crippen LogP contribution < -0.4 is 9.94 Å². The first kappa shape index (κ1) is 9.18. The van der Waals surface area contributed by atoms with Crippen molar-refractivity contribution < 1.29 is 4.79 Å². The number of nitrogens with one attached hydrogen (secondary N) is 1. The van der Waals surface area contributed by atoms with Crippen molar-refractivity contribution in [3.63, 3.8) is 0 Å². The van der Waals surface area contributed by atoms with E-state index in [4.69, 9.17) is 5.26 Å². The van der Waals surface area contributed by atoms with Gasteiger partial charge < -0.3 is 0 Å². The van der Waals surface area contributed by atoms with Crippen LogP contribution in [0.25, 0.3) is 0 Å². The van der Waals surface area contributed by atoms with Crippen molar-refractivity contribution in [2.24, 2.45) is 0 Å². The van der Waals surface area contributed by atoms with Gasteiger partial charge in [0.2, 0.25) is 0 Å². The maximum atomic E-state index is 11.1. The predicted molar refractivity (Wildman–Crippen MR) is 51.5 cm³/mol. The molecule has 1 aromatic heterocycles. The zero-order valence-electron chi connectivity index (χ0n) is 6.42. The van der Waals surface area contributed by atoms with E-state index in [-0.39, 0.29) is 5.91 Å². The van der Waals surface area contributed by atoms with E-state index < -0.39 is 0 Å². The first-order valence-corrected chi connectivity index (χ1v) is 4.60. The number of nitriles is 1. The quantitative estimate of drug-likeness (QED) is 0.411. The summed E-state index contributed by atoms with van der Waals surface area (Å²) in [4.78, 5) is 11.7. The van der Waals surface area contributed by atoms with E-state index in [2.05, 4.69) is 14.6 Å². The molecule has 1 N–H and O–H groups in total. The lowest BCUT2D eigenvalue weighted by Crippen LogP contribution is -2.16. The van der Waals surface area contributed by atoms with E-state index in [1.165, 1.54) is 11.3 Å². The summed E-state index contributed by atoms with van der Waals surface area (Å²) in [7, 11) is 2.52. The molecule has 0 aromatic carbocycles. The van der Waals surface area contributed by atoms with Gasteiger partial charge in [0.15, 0.2) is 6.19 Å². The molecule has 0 saturated carbocycles. The molecule has 5 heteroatoms. The second-order valence-corrected chi connectivity index (χ2v) is 4.35. The smallest absolute Gasteiger partial charge is 0.267 e. The van der Waals surface area contributed by atoms with Gasteiger partial charge in [-0.05, 0) is 18.6 Å². The van der Waals surface area contributed by atoms with Crippen LogP contribution >= 0.6 is 20.6 Å². The van der Waals surface area contributed by atoms with Gasteiger partial charge in [-0.3, -0.25) is 10.1 Å². The fourth-order valence-corrected chi connectivity index (χ4v) is 2.28. The number of nitrogens with zero attached hydrogens (tertiary/aromatic N) is 1. The third kappa shape index (κ3) is 1.82. The topological polar surface area (TPSA) is 52.9 Å². The summed E-state index contributed by atoms with van der Waals surface area (Å²) in [5.74, 6) is -0.325. The Balaban J connectivity index is 2.96. The molecule has 0 bridgehead atoms. The molecule has 0 saturated heterocycles. The highest BCUT2D eigenvalue weighted by Gasteiger charge is 2.10. The molecule has 0 radical (unpaired) electrons. The molecule has 1 atom stereocenters. The van der Waals surface area contributed by atoms with E-state index in [9.17, 15) is 4.79 Å². The van der Waals surface area contributed by atoms with Crippen LogP contribution in [0.15, 0.2) is 6.07 Å². The maximum Gasteiger partial charge on any atom is 0.274 e. The van der Waals surface area contributed by atoms with Crippen molar-refractivity contribution in [1.29, 1.82) is 5.26 Å².